The molecule has 0 spiro atoms. The van der Waals surface area contributed by atoms with E-state index in [1.54, 1.807) is 0 Å². The maximum absolute atomic E-state index is 15.3. The summed E-state index contributed by atoms with van der Waals surface area (Å²) in [6.07, 6.45) is -5.65. The van der Waals surface area contributed by atoms with Crippen LogP contribution in [0.2, 0.25) is 0 Å². The van der Waals surface area contributed by atoms with E-state index in [0.29, 0.717) is 0 Å². The van der Waals surface area contributed by atoms with Gasteiger partial charge in [-0.3, -0.25) is 9.59 Å². The molecule has 11 heteroatoms. The van der Waals surface area contributed by atoms with Crippen LogP contribution in [-0.4, -0.2) is 51.3 Å². The molecule has 6 nitrogen and oxygen atoms in total. The lowest BCUT2D eigenvalue weighted by molar-refractivity contribution is -0.138. The number of aromatic nitrogens is 2. The van der Waals surface area contributed by atoms with E-state index in [1.165, 1.54) is 13.8 Å². The van der Waals surface area contributed by atoms with Crippen molar-refractivity contribution in [2.24, 2.45) is 0 Å². The molecule has 1 aromatic heterocycles. The molecule has 3 aromatic carbocycles. The van der Waals surface area contributed by atoms with Gasteiger partial charge in [0.05, 0.1) is 28.9 Å². The normalized spacial score (nSPS) is 20.6. The maximum atomic E-state index is 15.3. The summed E-state index contributed by atoms with van der Waals surface area (Å²) in [6.45, 7) is -13.4. The first kappa shape index (κ1) is 17.1. The summed E-state index contributed by atoms with van der Waals surface area (Å²) in [4.78, 5) is 32.5. The number of halogens is 4. The predicted octanol–water partition coefficient (Wildman–Crippen LogP) is 7.53. The molecule has 1 heterocycles. The number of hydrogen-bond acceptors (Lipinski definition) is 5. The number of amides is 1. The van der Waals surface area contributed by atoms with E-state index >= 15 is 4.79 Å². The molecule has 0 saturated heterocycles. The number of hydrogen-bond donors (Lipinski definition) is 0. The minimum Gasteiger partial charge on any atom is -0.336 e. The molecule has 48 heavy (non-hydrogen) atoms. The summed E-state index contributed by atoms with van der Waals surface area (Å²) >= 11 is -0.283. The summed E-state index contributed by atoms with van der Waals surface area (Å²) < 4.78 is 241. The average molecular weight is 702 g/mol. The molecule has 0 atom stereocenters. The first-order valence-corrected chi connectivity index (χ1v) is 15.2. The van der Waals surface area contributed by atoms with Gasteiger partial charge >= 0.3 is 6.18 Å². The molecule has 254 valence electrons. The van der Waals surface area contributed by atoms with Gasteiger partial charge in [0.2, 0.25) is 5.91 Å². The number of nitrogens with zero attached hydrogens (tertiary/aromatic N) is 4. The number of alkyl halides is 3. The van der Waals surface area contributed by atoms with E-state index in [4.69, 9.17) is 20.6 Å². The van der Waals surface area contributed by atoms with Crippen molar-refractivity contribution in [2.75, 3.05) is 26.1 Å². The second kappa shape index (κ2) is 15.5. The van der Waals surface area contributed by atoms with Crippen LogP contribution in [0.4, 0.5) is 17.6 Å². The van der Waals surface area contributed by atoms with Crippen LogP contribution in [0.1, 0.15) is 82.6 Å². The largest absolute Gasteiger partial charge is 0.416 e. The Morgan fingerprint density at radius 1 is 0.979 bits per heavy atom. The number of fused-ring (bicyclic) bond motifs is 1. The fourth-order valence-electron chi connectivity index (χ4n) is 4.44. The van der Waals surface area contributed by atoms with Crippen molar-refractivity contribution in [3.05, 3.63) is 116 Å². The SMILES string of the molecule is [2H]c1c([2H])c(C([2H])([2H])Sc2nc(=O)c3c(n2C([2H])([2H])C(=O)N(C([2H])([2H])c2c([2H])c([2H])c(-c4c([2H])c([2H])c(C(F)(F)F)c(C)c4[2H])c([2H])c2[2H])C([2H])([2H])C([2H])([2H])N(CC)CC)CCC3)c([2H])c([2H])c1F. The minimum atomic E-state index is -5.27. The Hall–Kier alpha value is -3.96. The molecule has 0 saturated carbocycles. The third-order valence-electron chi connectivity index (χ3n) is 6.82. The molecule has 1 aliphatic carbocycles. The van der Waals surface area contributed by atoms with Crippen molar-refractivity contribution in [3.63, 3.8) is 0 Å². The number of carbonyl (C=O) groups excluding carboxylic acids is 1. The summed E-state index contributed by atoms with van der Waals surface area (Å²) in [5.41, 5.74) is -12.7. The Bertz CT molecular complexity index is 2770. The molecular weight excluding hydrogens is 640 g/mol. The summed E-state index contributed by atoms with van der Waals surface area (Å²) in [6, 6.07) is -15.1. The molecule has 0 N–H and O–H groups in total. The van der Waals surface area contributed by atoms with E-state index < -0.39 is 171 Å². The average Bonchev–Trinajstić information content (AvgIpc) is 3.71. The predicted molar refractivity (Wildman–Crippen MR) is 181 cm³/mol. The van der Waals surface area contributed by atoms with Crippen LogP contribution in [0, 0.1) is 12.7 Å². The minimum absolute atomic E-state index is 0.0546. The highest BCUT2D eigenvalue weighted by molar-refractivity contribution is 7.98. The fourth-order valence-corrected chi connectivity index (χ4v) is 5.12. The molecule has 0 fully saturated rings. The summed E-state index contributed by atoms with van der Waals surface area (Å²) in [5.74, 6) is -4.09. The van der Waals surface area contributed by atoms with Crippen molar-refractivity contribution < 1.29 is 51.1 Å². The third kappa shape index (κ3) is 8.54. The lowest BCUT2D eigenvalue weighted by Gasteiger charge is -2.28. The van der Waals surface area contributed by atoms with E-state index in [-0.39, 0.29) is 54.2 Å². The number of benzene rings is 3. The molecule has 0 aliphatic heterocycles. The quantitative estimate of drug-likeness (QED) is 0.0820. The highest BCUT2D eigenvalue weighted by Gasteiger charge is 2.32. The van der Waals surface area contributed by atoms with Crippen LogP contribution < -0.4 is 5.56 Å². The van der Waals surface area contributed by atoms with Gasteiger partial charge in [-0.05, 0) is 85.2 Å². The highest BCUT2D eigenvalue weighted by atomic mass is 32.2. The van der Waals surface area contributed by atoms with Crippen LogP contribution in [0.5, 0.6) is 0 Å². The molecule has 5 rings (SSSR count). The van der Waals surface area contributed by atoms with Crippen LogP contribution >= 0.6 is 11.8 Å². The van der Waals surface area contributed by atoms with E-state index in [2.05, 4.69) is 4.98 Å². The lowest BCUT2D eigenvalue weighted by Crippen LogP contribution is -2.40. The van der Waals surface area contributed by atoms with Gasteiger partial charge < -0.3 is 14.4 Å². The van der Waals surface area contributed by atoms with Gasteiger partial charge in [0.15, 0.2) is 5.16 Å². The zero-order valence-corrected chi connectivity index (χ0v) is 26.4. The molecule has 4 aromatic rings. The zero-order chi connectivity index (χ0) is 53.0. The van der Waals surface area contributed by atoms with Gasteiger partial charge in [-0.2, -0.15) is 18.2 Å². The second-order valence-electron chi connectivity index (χ2n) is 9.96. The van der Waals surface area contributed by atoms with Crippen LogP contribution in [0.15, 0.2) is 76.4 Å². The fraction of sp³-hybridized carbons (Fsp3) is 0.378. The Kier molecular flexibility index (Phi) is 5.53. The first-order valence-electron chi connectivity index (χ1n) is 24.8. The smallest absolute Gasteiger partial charge is 0.336 e. The van der Waals surface area contributed by atoms with Gasteiger partial charge in [-0.15, -0.1) is 0 Å². The van der Waals surface area contributed by atoms with E-state index in [9.17, 15) is 30.6 Å². The Labute approximate surface area is 312 Å². The Balaban J connectivity index is 1.87. The topological polar surface area (TPSA) is 58.4 Å². The van der Waals surface area contributed by atoms with Crippen molar-refractivity contribution in [3.8, 4) is 11.1 Å². The molecule has 1 amide bonds. The van der Waals surface area contributed by atoms with Crippen molar-refractivity contribution >= 4 is 17.7 Å². The molecular formula is C37H40F4N4O2S. The summed E-state index contributed by atoms with van der Waals surface area (Å²) in [7, 11) is 0. The summed E-state index contributed by atoms with van der Waals surface area (Å²) in [5, 5.41) is -1.12. The van der Waals surface area contributed by atoms with Gasteiger partial charge in [-0.25, -0.2) is 4.39 Å². The second-order valence-corrected chi connectivity index (χ2v) is 10.7. The number of thioether (sulfide) groups is 1. The van der Waals surface area contributed by atoms with Gasteiger partial charge in [0, 0.05) is 41.9 Å². The monoisotopic (exact) mass is 701 g/mol. The van der Waals surface area contributed by atoms with Crippen LogP contribution in [0.3, 0.4) is 0 Å². The van der Waals surface area contributed by atoms with Gasteiger partial charge in [0.25, 0.3) is 5.56 Å². The highest BCUT2D eigenvalue weighted by Crippen LogP contribution is 2.34. The number of carbonyl (C=O) groups is 1. The zero-order valence-electron chi connectivity index (χ0n) is 46.6. The third-order valence-corrected chi connectivity index (χ3v) is 7.58. The van der Waals surface area contributed by atoms with E-state index in [1.807, 2.05) is 0 Å². The van der Waals surface area contributed by atoms with Gasteiger partial charge in [-0.1, -0.05) is 73.9 Å². The maximum Gasteiger partial charge on any atom is 0.416 e. The van der Waals surface area contributed by atoms with Crippen LogP contribution in [0.25, 0.3) is 11.1 Å². The Morgan fingerprint density at radius 2 is 1.65 bits per heavy atom. The van der Waals surface area contributed by atoms with E-state index in [0.717, 1.165) is 11.8 Å². The van der Waals surface area contributed by atoms with Crippen molar-refractivity contribution in [1.29, 1.82) is 0 Å². The number of rotatable bonds is 13. The lowest BCUT2D eigenvalue weighted by atomic mass is 9.98. The molecule has 0 unspecified atom stereocenters. The molecule has 0 bridgehead atoms. The van der Waals surface area contributed by atoms with Crippen LogP contribution in [-0.2, 0) is 42.5 Å². The van der Waals surface area contributed by atoms with Crippen molar-refractivity contribution in [1.82, 2.24) is 19.4 Å². The van der Waals surface area contributed by atoms with Gasteiger partial charge in [0.1, 0.15) is 12.3 Å². The standard InChI is InChI=1S/C37H40F4N4O2S/c1-4-43(5-2)19-20-44(22-26-9-13-28(14-10-26)29-15-18-32(25(3)21-29)37(39,40)41)34(46)23-45-33-8-6-7-31(33)35(47)42-36(45)48-24-27-11-16-30(38)17-12-27/h9-18,21H,4-8,19-20,22-24H2,1-3H3/i9D,10D,11D,12D,13D,14D,15D,16D,17D,18D,19D2,20D2,21D,22D2,23D2,24D2. The first-order chi connectivity index (χ1) is 31.3. The van der Waals surface area contributed by atoms with Crippen molar-refractivity contribution in [2.45, 2.75) is 70.1 Å². The number of likely N-dealkylation sites (N-methyl/N-ethyl adjacent to an activating group) is 1. The molecule has 1 aliphatic rings. The molecule has 0 radical (unpaired) electrons. The Morgan fingerprint density at radius 3 is 2.31 bits per heavy atom.